The lowest BCUT2D eigenvalue weighted by Gasteiger charge is -1.96. The summed E-state index contributed by atoms with van der Waals surface area (Å²) in [7, 11) is 0. The molecule has 1 aromatic carbocycles. The van der Waals surface area contributed by atoms with E-state index < -0.39 is 0 Å². The second-order valence-electron chi connectivity index (χ2n) is 2.72. The van der Waals surface area contributed by atoms with Gasteiger partial charge < -0.3 is 5.11 Å². The number of thiophene rings is 1. The molecule has 0 radical (unpaired) electrons. The third kappa shape index (κ3) is 1.23. The number of rotatable bonds is 0. The molecule has 0 unspecified atom stereocenters. The Morgan fingerprint density at radius 3 is 2.83 bits per heavy atom. The van der Waals surface area contributed by atoms with Crippen molar-refractivity contribution in [1.82, 2.24) is 0 Å². The maximum atomic E-state index is 9.31. The number of aryl methyl sites for hydroxylation is 1. The van der Waals surface area contributed by atoms with Crippen LogP contribution in [0.1, 0.15) is 5.56 Å². The Labute approximate surface area is 82.8 Å². The van der Waals surface area contributed by atoms with Crippen molar-refractivity contribution in [1.29, 1.82) is 0 Å². The van der Waals surface area contributed by atoms with Gasteiger partial charge in [0.15, 0.2) is 0 Å². The number of aromatic hydroxyl groups is 1. The van der Waals surface area contributed by atoms with Gasteiger partial charge in [-0.3, -0.25) is 0 Å². The summed E-state index contributed by atoms with van der Waals surface area (Å²) in [5.74, 6) is 0.342. The molecule has 0 bridgehead atoms. The molecule has 12 heavy (non-hydrogen) atoms. The number of halogens is 1. The summed E-state index contributed by atoms with van der Waals surface area (Å²) in [5.41, 5.74) is 1.12. The van der Waals surface area contributed by atoms with Gasteiger partial charge in [-0.05, 0) is 52.0 Å². The number of benzene rings is 1. The quantitative estimate of drug-likeness (QED) is 0.748. The molecule has 0 aliphatic rings. The number of hydrogen-bond acceptors (Lipinski definition) is 2. The van der Waals surface area contributed by atoms with E-state index in [1.807, 2.05) is 6.92 Å². The molecular weight excluding hydrogens is 236 g/mol. The van der Waals surface area contributed by atoms with E-state index in [-0.39, 0.29) is 0 Å². The third-order valence-corrected chi connectivity index (χ3v) is 3.38. The summed E-state index contributed by atoms with van der Waals surface area (Å²) in [6, 6.07) is 5.65. The molecular formula is C9H7BrOS. The molecule has 0 amide bonds. The molecule has 0 aliphatic heterocycles. The van der Waals surface area contributed by atoms with Crippen LogP contribution in [0, 0.1) is 6.92 Å². The van der Waals surface area contributed by atoms with E-state index in [2.05, 4.69) is 22.0 Å². The van der Waals surface area contributed by atoms with Gasteiger partial charge in [0.2, 0.25) is 0 Å². The van der Waals surface area contributed by atoms with Crippen molar-refractivity contribution in [2.45, 2.75) is 6.92 Å². The molecule has 1 nitrogen and oxygen atoms in total. The van der Waals surface area contributed by atoms with E-state index in [0.29, 0.717) is 5.75 Å². The zero-order valence-electron chi connectivity index (χ0n) is 6.47. The van der Waals surface area contributed by atoms with Gasteiger partial charge in [-0.2, -0.15) is 0 Å². The molecule has 1 heterocycles. The minimum Gasteiger partial charge on any atom is -0.508 e. The number of hydrogen-bond donors (Lipinski definition) is 1. The van der Waals surface area contributed by atoms with Gasteiger partial charge in [0.05, 0.1) is 3.79 Å². The van der Waals surface area contributed by atoms with Gasteiger partial charge in [0.25, 0.3) is 0 Å². The van der Waals surface area contributed by atoms with Crippen LogP contribution >= 0.6 is 27.3 Å². The Morgan fingerprint density at radius 1 is 1.33 bits per heavy atom. The predicted molar refractivity (Wildman–Crippen MR) is 55.9 cm³/mol. The van der Waals surface area contributed by atoms with Crippen LogP contribution in [0.25, 0.3) is 10.1 Å². The first kappa shape index (κ1) is 8.08. The molecule has 0 saturated carbocycles. The van der Waals surface area contributed by atoms with E-state index in [1.165, 1.54) is 5.39 Å². The fraction of sp³-hybridized carbons (Fsp3) is 0.111. The van der Waals surface area contributed by atoms with Crippen LogP contribution in [0.3, 0.4) is 0 Å². The first-order valence-corrected chi connectivity index (χ1v) is 5.16. The molecule has 3 heteroatoms. The van der Waals surface area contributed by atoms with Gasteiger partial charge in [0, 0.05) is 4.70 Å². The van der Waals surface area contributed by atoms with Gasteiger partial charge in [-0.1, -0.05) is 0 Å². The maximum Gasteiger partial charge on any atom is 0.117 e. The molecule has 62 valence electrons. The minimum atomic E-state index is 0.342. The highest BCUT2D eigenvalue weighted by molar-refractivity contribution is 9.11. The van der Waals surface area contributed by atoms with Crippen LogP contribution in [0.4, 0.5) is 0 Å². The topological polar surface area (TPSA) is 20.2 Å². The maximum absolute atomic E-state index is 9.31. The first-order valence-electron chi connectivity index (χ1n) is 3.55. The van der Waals surface area contributed by atoms with E-state index in [0.717, 1.165) is 14.0 Å². The second-order valence-corrected chi connectivity index (χ2v) is 5.19. The molecule has 1 N–H and O–H groups in total. The predicted octanol–water partition coefficient (Wildman–Crippen LogP) is 3.68. The number of phenols is 1. The molecule has 0 atom stereocenters. The molecule has 0 aliphatic carbocycles. The summed E-state index contributed by atoms with van der Waals surface area (Å²) in [5, 5.41) is 10.5. The second kappa shape index (κ2) is 2.75. The highest BCUT2D eigenvalue weighted by atomic mass is 79.9. The zero-order chi connectivity index (χ0) is 8.72. The van der Waals surface area contributed by atoms with Crippen LogP contribution in [0.5, 0.6) is 5.75 Å². The molecule has 2 rings (SSSR count). The van der Waals surface area contributed by atoms with Crippen molar-refractivity contribution < 1.29 is 5.11 Å². The van der Waals surface area contributed by atoms with Gasteiger partial charge in [-0.25, -0.2) is 0 Å². The average Bonchev–Trinajstić information content (AvgIpc) is 2.29. The van der Waals surface area contributed by atoms with Gasteiger partial charge in [0.1, 0.15) is 5.75 Å². The van der Waals surface area contributed by atoms with Gasteiger partial charge in [-0.15, -0.1) is 11.3 Å². The van der Waals surface area contributed by atoms with Crippen LogP contribution in [0.2, 0.25) is 0 Å². The highest BCUT2D eigenvalue weighted by Gasteiger charge is 2.03. The molecule has 1 aromatic heterocycles. The van der Waals surface area contributed by atoms with Gasteiger partial charge >= 0.3 is 0 Å². The van der Waals surface area contributed by atoms with Crippen LogP contribution in [-0.2, 0) is 0 Å². The smallest absolute Gasteiger partial charge is 0.117 e. The average molecular weight is 243 g/mol. The summed E-state index contributed by atoms with van der Waals surface area (Å²) < 4.78 is 2.23. The van der Waals surface area contributed by atoms with Crippen molar-refractivity contribution >= 4 is 37.4 Å². The summed E-state index contributed by atoms with van der Waals surface area (Å²) in [6.45, 7) is 2.00. The van der Waals surface area contributed by atoms with Crippen LogP contribution in [-0.4, -0.2) is 5.11 Å². The molecule has 0 fully saturated rings. The zero-order valence-corrected chi connectivity index (χ0v) is 8.87. The van der Waals surface area contributed by atoms with Crippen LogP contribution in [0.15, 0.2) is 22.0 Å². The summed E-state index contributed by atoms with van der Waals surface area (Å²) in [6.07, 6.45) is 0. The number of phenolic OH excluding ortho intramolecular Hbond substituents is 1. The standard InChI is InChI=1S/C9H7BrOS/c1-5-2-6(11)3-8-7(5)4-9(10)12-8/h2-4,11H,1H3. The molecule has 0 spiro atoms. The fourth-order valence-corrected chi connectivity index (χ4v) is 2.91. The lowest BCUT2D eigenvalue weighted by Crippen LogP contribution is -1.71. The minimum absolute atomic E-state index is 0.342. The lowest BCUT2D eigenvalue weighted by atomic mass is 10.1. The Balaban J connectivity index is 2.88. The Hall–Kier alpha value is -0.540. The lowest BCUT2D eigenvalue weighted by molar-refractivity contribution is 0.476. The fourth-order valence-electron chi connectivity index (χ4n) is 1.27. The van der Waals surface area contributed by atoms with E-state index in [9.17, 15) is 5.11 Å². The summed E-state index contributed by atoms with van der Waals surface area (Å²) in [4.78, 5) is 0. The van der Waals surface area contributed by atoms with Crippen molar-refractivity contribution in [3.05, 3.63) is 27.5 Å². The number of fused-ring (bicyclic) bond motifs is 1. The molecule has 2 aromatic rings. The first-order chi connectivity index (χ1) is 5.66. The highest BCUT2D eigenvalue weighted by Crippen LogP contribution is 2.34. The Morgan fingerprint density at radius 2 is 2.08 bits per heavy atom. The van der Waals surface area contributed by atoms with Crippen LogP contribution < -0.4 is 0 Å². The van der Waals surface area contributed by atoms with Crippen molar-refractivity contribution in [2.75, 3.05) is 0 Å². The van der Waals surface area contributed by atoms with E-state index >= 15 is 0 Å². The van der Waals surface area contributed by atoms with Crippen molar-refractivity contribution in [3.63, 3.8) is 0 Å². The van der Waals surface area contributed by atoms with Crippen molar-refractivity contribution in [2.24, 2.45) is 0 Å². The monoisotopic (exact) mass is 242 g/mol. The van der Waals surface area contributed by atoms with E-state index in [4.69, 9.17) is 0 Å². The third-order valence-electron chi connectivity index (χ3n) is 1.80. The normalized spacial score (nSPS) is 10.8. The Kier molecular flexibility index (Phi) is 1.85. The largest absolute Gasteiger partial charge is 0.508 e. The SMILES string of the molecule is Cc1cc(O)cc2sc(Br)cc12. The Bertz CT molecular complexity index is 433. The summed E-state index contributed by atoms with van der Waals surface area (Å²) >= 11 is 5.06. The molecule has 0 saturated heterocycles. The van der Waals surface area contributed by atoms with Crippen molar-refractivity contribution in [3.8, 4) is 5.75 Å². The van der Waals surface area contributed by atoms with E-state index in [1.54, 1.807) is 23.5 Å².